The van der Waals surface area contributed by atoms with Gasteiger partial charge in [-0.1, -0.05) is 0 Å². The van der Waals surface area contributed by atoms with E-state index in [9.17, 15) is 17.6 Å². The minimum absolute atomic E-state index is 0. The van der Waals surface area contributed by atoms with Gasteiger partial charge in [0.1, 0.15) is 10.7 Å². The van der Waals surface area contributed by atoms with Crippen LogP contribution in [0.5, 0.6) is 0 Å². The average Bonchev–Trinajstić information content (AvgIpc) is 3.29. The molecule has 1 aliphatic rings. The Morgan fingerprint density at radius 3 is 2.67 bits per heavy atom. The van der Waals surface area contributed by atoms with Crippen molar-refractivity contribution in [3.05, 3.63) is 24.0 Å². The van der Waals surface area contributed by atoms with Gasteiger partial charge in [0.2, 0.25) is 15.9 Å². The summed E-state index contributed by atoms with van der Waals surface area (Å²) < 4.78 is 45.5. The van der Waals surface area contributed by atoms with Crippen LogP contribution in [-0.4, -0.2) is 40.1 Å². The molecule has 1 saturated carbocycles. The highest BCUT2D eigenvalue weighted by Gasteiger charge is 2.29. The van der Waals surface area contributed by atoms with Gasteiger partial charge in [-0.2, -0.15) is 0 Å². The molecule has 0 bridgehead atoms. The van der Waals surface area contributed by atoms with Crippen LogP contribution in [0.4, 0.5) is 10.1 Å². The molecule has 10 heteroatoms. The Hall–Kier alpha value is -1.26. The van der Waals surface area contributed by atoms with Gasteiger partial charge < -0.3 is 15.8 Å². The van der Waals surface area contributed by atoms with Crippen LogP contribution >= 0.6 is 12.4 Å². The standard InChI is InChI=1S/C14H20FN3O4S.ClH/c1-22-11(8-16)7-14(19)17-10-4-5-12(15)13(6-10)23(20,21)18-9-2-3-9;/h4-6,9,11,18H,2-3,7-8,16H2,1H3,(H,17,19);1H. The molecule has 136 valence electrons. The number of nitrogens with one attached hydrogen (secondary N) is 2. The fourth-order valence-corrected chi connectivity index (χ4v) is 3.36. The summed E-state index contributed by atoms with van der Waals surface area (Å²) in [5, 5.41) is 2.52. The maximum Gasteiger partial charge on any atom is 0.243 e. The molecule has 1 atom stereocenters. The predicted molar refractivity (Wildman–Crippen MR) is 90.1 cm³/mol. The Morgan fingerprint density at radius 1 is 1.46 bits per heavy atom. The van der Waals surface area contributed by atoms with Crippen LogP contribution in [0, 0.1) is 5.82 Å². The van der Waals surface area contributed by atoms with Crippen molar-refractivity contribution >= 4 is 34.0 Å². The van der Waals surface area contributed by atoms with Crippen LogP contribution in [0.25, 0.3) is 0 Å². The van der Waals surface area contributed by atoms with E-state index in [1.807, 2.05) is 0 Å². The first-order valence-corrected chi connectivity index (χ1v) is 8.68. The number of methoxy groups -OCH3 is 1. The minimum atomic E-state index is -3.94. The maximum atomic E-state index is 13.8. The molecule has 24 heavy (non-hydrogen) atoms. The average molecular weight is 382 g/mol. The predicted octanol–water partition coefficient (Wildman–Crippen LogP) is 0.990. The van der Waals surface area contributed by atoms with Gasteiger partial charge in [0.25, 0.3) is 0 Å². The Kier molecular flexibility index (Phi) is 7.56. The summed E-state index contributed by atoms with van der Waals surface area (Å²) in [4.78, 5) is 11.4. The summed E-state index contributed by atoms with van der Waals surface area (Å²) in [6.07, 6.45) is 1.08. The molecule has 7 nitrogen and oxygen atoms in total. The van der Waals surface area contributed by atoms with Crippen molar-refractivity contribution in [1.82, 2.24) is 4.72 Å². The maximum absolute atomic E-state index is 13.8. The molecule has 0 saturated heterocycles. The zero-order chi connectivity index (χ0) is 17.0. The molecule has 1 unspecified atom stereocenters. The summed E-state index contributed by atoms with van der Waals surface area (Å²) in [5.41, 5.74) is 5.63. The van der Waals surface area contributed by atoms with Gasteiger partial charge in [-0.25, -0.2) is 17.5 Å². The third-order valence-corrected chi connectivity index (χ3v) is 4.95. The van der Waals surface area contributed by atoms with E-state index in [-0.39, 0.29) is 37.1 Å². The molecule has 0 heterocycles. The molecule has 0 spiro atoms. The molecule has 0 aromatic heterocycles. The second-order valence-corrected chi connectivity index (χ2v) is 7.07. The van der Waals surface area contributed by atoms with Gasteiger partial charge in [-0.15, -0.1) is 12.4 Å². The van der Waals surface area contributed by atoms with Crippen LogP contribution in [0.2, 0.25) is 0 Å². The van der Waals surface area contributed by atoms with Gasteiger partial charge in [-0.3, -0.25) is 4.79 Å². The van der Waals surface area contributed by atoms with Crippen molar-refractivity contribution < 1.29 is 22.3 Å². The SMILES string of the molecule is COC(CN)CC(=O)Nc1ccc(F)c(S(=O)(=O)NC2CC2)c1.Cl. The second-order valence-electron chi connectivity index (χ2n) is 5.39. The van der Waals surface area contributed by atoms with Crippen LogP contribution in [0.1, 0.15) is 19.3 Å². The molecular weight excluding hydrogens is 361 g/mol. The molecular formula is C14H21ClFN3O4S. The quantitative estimate of drug-likeness (QED) is 0.622. The summed E-state index contributed by atoms with van der Waals surface area (Å²) in [5.74, 6) is -1.26. The van der Waals surface area contributed by atoms with E-state index in [2.05, 4.69) is 10.0 Å². The fourth-order valence-electron chi connectivity index (χ4n) is 1.95. The zero-order valence-electron chi connectivity index (χ0n) is 13.1. The first-order valence-electron chi connectivity index (χ1n) is 7.20. The van der Waals surface area contributed by atoms with Crippen molar-refractivity contribution in [2.75, 3.05) is 19.0 Å². The van der Waals surface area contributed by atoms with Gasteiger partial charge in [0.15, 0.2) is 0 Å². The Bertz CT molecular complexity index is 679. The highest BCUT2D eigenvalue weighted by atomic mass is 35.5. The number of amides is 1. The smallest absolute Gasteiger partial charge is 0.243 e. The van der Waals surface area contributed by atoms with Crippen molar-refractivity contribution in [3.63, 3.8) is 0 Å². The first-order chi connectivity index (χ1) is 10.9. The molecule has 4 N–H and O–H groups in total. The number of halogens is 2. The first kappa shape index (κ1) is 20.8. The highest BCUT2D eigenvalue weighted by molar-refractivity contribution is 7.89. The number of benzene rings is 1. The third-order valence-electron chi connectivity index (χ3n) is 3.41. The Balaban J connectivity index is 0.00000288. The van der Waals surface area contributed by atoms with Crippen LogP contribution in [0.3, 0.4) is 0 Å². The molecule has 1 aromatic carbocycles. The minimum Gasteiger partial charge on any atom is -0.380 e. The lowest BCUT2D eigenvalue weighted by molar-refractivity contribution is -0.118. The number of anilines is 1. The summed E-state index contributed by atoms with van der Waals surface area (Å²) in [6.45, 7) is 0.179. The molecule has 1 fully saturated rings. The molecule has 1 amide bonds. The van der Waals surface area contributed by atoms with E-state index >= 15 is 0 Å². The molecule has 1 aromatic rings. The lowest BCUT2D eigenvalue weighted by Crippen LogP contribution is -2.28. The van der Waals surface area contributed by atoms with E-state index in [1.165, 1.54) is 13.2 Å². The zero-order valence-corrected chi connectivity index (χ0v) is 14.8. The van der Waals surface area contributed by atoms with Crippen LogP contribution < -0.4 is 15.8 Å². The Labute approximate surface area is 146 Å². The summed E-state index contributed by atoms with van der Waals surface area (Å²) >= 11 is 0. The van der Waals surface area contributed by atoms with Crippen molar-refractivity contribution in [2.24, 2.45) is 5.73 Å². The van der Waals surface area contributed by atoms with E-state index in [0.29, 0.717) is 0 Å². The van der Waals surface area contributed by atoms with E-state index in [1.54, 1.807) is 0 Å². The third kappa shape index (κ3) is 5.67. The number of hydrogen-bond acceptors (Lipinski definition) is 5. The summed E-state index contributed by atoms with van der Waals surface area (Å²) in [6, 6.07) is 3.27. The van der Waals surface area contributed by atoms with Crippen molar-refractivity contribution in [2.45, 2.75) is 36.3 Å². The normalized spacial score (nSPS) is 15.5. The largest absolute Gasteiger partial charge is 0.380 e. The number of hydrogen-bond donors (Lipinski definition) is 3. The molecule has 0 radical (unpaired) electrons. The monoisotopic (exact) mass is 381 g/mol. The Morgan fingerprint density at radius 2 is 2.12 bits per heavy atom. The number of sulfonamides is 1. The topological polar surface area (TPSA) is 111 Å². The molecule has 2 rings (SSSR count). The number of carbonyl (C=O) groups is 1. The number of carbonyl (C=O) groups excluding carboxylic acids is 1. The lowest BCUT2D eigenvalue weighted by atomic mass is 10.2. The van der Waals surface area contributed by atoms with Gasteiger partial charge in [0, 0.05) is 25.4 Å². The van der Waals surface area contributed by atoms with E-state index in [4.69, 9.17) is 10.5 Å². The van der Waals surface area contributed by atoms with E-state index in [0.717, 1.165) is 25.0 Å². The van der Waals surface area contributed by atoms with E-state index < -0.39 is 32.7 Å². The second kappa shape index (κ2) is 8.72. The van der Waals surface area contributed by atoms with Gasteiger partial charge >= 0.3 is 0 Å². The lowest BCUT2D eigenvalue weighted by Gasteiger charge is -2.13. The molecule has 0 aliphatic heterocycles. The number of nitrogens with two attached hydrogens (primary N) is 1. The van der Waals surface area contributed by atoms with Gasteiger partial charge in [0.05, 0.1) is 12.5 Å². The highest BCUT2D eigenvalue weighted by Crippen LogP contribution is 2.25. The van der Waals surface area contributed by atoms with Crippen molar-refractivity contribution in [1.29, 1.82) is 0 Å². The molecule has 1 aliphatic carbocycles. The van der Waals surface area contributed by atoms with Crippen LogP contribution in [0.15, 0.2) is 23.1 Å². The van der Waals surface area contributed by atoms with Crippen molar-refractivity contribution in [3.8, 4) is 0 Å². The number of ether oxygens (including phenoxy) is 1. The number of rotatable bonds is 8. The van der Waals surface area contributed by atoms with Crippen LogP contribution in [-0.2, 0) is 19.6 Å². The fraction of sp³-hybridized carbons (Fsp3) is 0.500. The van der Waals surface area contributed by atoms with Gasteiger partial charge in [-0.05, 0) is 31.0 Å². The summed E-state index contributed by atoms with van der Waals surface area (Å²) in [7, 11) is -2.50.